The van der Waals surface area contributed by atoms with Crippen LogP contribution in [0.2, 0.25) is 0 Å². The van der Waals surface area contributed by atoms with Gasteiger partial charge >= 0.3 is 0 Å². The molecule has 0 bridgehead atoms. The summed E-state index contributed by atoms with van der Waals surface area (Å²) in [6.45, 7) is 4.97. The molecule has 0 atom stereocenters. The number of hydrogen-bond acceptors (Lipinski definition) is 3. The standard InChI is InChI=1S/C24H26N4O/c25-12-6-7-13-28-19-22(21-10-4-5-11-23(21)28)24(29)27-16-14-26(15-17-27)18-20-8-2-1-3-9-20/h1-5,8-11,19H,6-7,13-18H2. The highest BCUT2D eigenvalue weighted by atomic mass is 16.2. The number of fused-ring (bicyclic) bond motifs is 1. The summed E-state index contributed by atoms with van der Waals surface area (Å²) in [7, 11) is 0. The van der Waals surface area contributed by atoms with Crippen molar-refractivity contribution in [3.63, 3.8) is 0 Å². The van der Waals surface area contributed by atoms with E-state index in [1.165, 1.54) is 5.56 Å². The van der Waals surface area contributed by atoms with Gasteiger partial charge in [0.25, 0.3) is 5.91 Å². The summed E-state index contributed by atoms with van der Waals surface area (Å²) < 4.78 is 2.12. The monoisotopic (exact) mass is 386 g/mol. The van der Waals surface area contributed by atoms with Crippen molar-refractivity contribution in [2.45, 2.75) is 25.9 Å². The Morgan fingerprint density at radius 2 is 1.69 bits per heavy atom. The van der Waals surface area contributed by atoms with E-state index < -0.39 is 0 Å². The molecule has 1 fully saturated rings. The molecule has 1 aliphatic heterocycles. The zero-order valence-corrected chi connectivity index (χ0v) is 16.6. The zero-order chi connectivity index (χ0) is 20.1. The van der Waals surface area contributed by atoms with Crippen molar-refractivity contribution in [1.82, 2.24) is 14.4 Å². The molecule has 0 spiro atoms. The lowest BCUT2D eigenvalue weighted by Crippen LogP contribution is -2.48. The Bertz CT molecular complexity index is 1010. The number of unbranched alkanes of at least 4 members (excludes halogenated alkanes) is 1. The minimum Gasteiger partial charge on any atom is -0.347 e. The van der Waals surface area contributed by atoms with Crippen molar-refractivity contribution in [3.8, 4) is 6.07 Å². The SMILES string of the molecule is N#CCCCn1cc(C(=O)N2CCN(Cc3ccccc3)CC2)c2ccccc21. The molecule has 0 saturated carbocycles. The van der Waals surface area contributed by atoms with Crippen LogP contribution in [0.15, 0.2) is 60.8 Å². The van der Waals surface area contributed by atoms with Crippen molar-refractivity contribution in [3.05, 3.63) is 71.9 Å². The van der Waals surface area contributed by atoms with Crippen LogP contribution in [0.4, 0.5) is 0 Å². The van der Waals surface area contributed by atoms with Gasteiger partial charge in [-0.15, -0.1) is 0 Å². The number of nitrogens with zero attached hydrogens (tertiary/aromatic N) is 4. The molecule has 1 saturated heterocycles. The van der Waals surface area contributed by atoms with E-state index in [2.05, 4.69) is 45.9 Å². The topological polar surface area (TPSA) is 52.3 Å². The van der Waals surface area contributed by atoms with Gasteiger partial charge in [-0.05, 0) is 18.1 Å². The number of para-hydroxylation sites is 1. The van der Waals surface area contributed by atoms with Crippen molar-refractivity contribution in [1.29, 1.82) is 5.26 Å². The van der Waals surface area contributed by atoms with Gasteiger partial charge < -0.3 is 9.47 Å². The lowest BCUT2D eigenvalue weighted by Gasteiger charge is -2.34. The second kappa shape index (κ2) is 8.93. The van der Waals surface area contributed by atoms with Gasteiger partial charge in [0, 0.05) is 62.8 Å². The van der Waals surface area contributed by atoms with E-state index in [4.69, 9.17) is 5.26 Å². The minimum atomic E-state index is 0.111. The number of rotatable bonds is 6. The van der Waals surface area contributed by atoms with Crippen molar-refractivity contribution in [2.24, 2.45) is 0 Å². The molecule has 29 heavy (non-hydrogen) atoms. The number of hydrogen-bond donors (Lipinski definition) is 0. The summed E-state index contributed by atoms with van der Waals surface area (Å²) in [4.78, 5) is 17.6. The van der Waals surface area contributed by atoms with E-state index in [0.717, 1.165) is 62.2 Å². The normalized spacial score (nSPS) is 14.8. The number of aryl methyl sites for hydroxylation is 1. The van der Waals surface area contributed by atoms with Gasteiger partial charge in [-0.25, -0.2) is 0 Å². The molecule has 0 unspecified atom stereocenters. The van der Waals surface area contributed by atoms with Crippen molar-refractivity contribution >= 4 is 16.8 Å². The molecular weight excluding hydrogens is 360 g/mol. The Hall–Kier alpha value is -3.10. The molecule has 3 aromatic rings. The molecule has 2 heterocycles. The zero-order valence-electron chi connectivity index (χ0n) is 16.6. The van der Waals surface area contributed by atoms with E-state index in [1.807, 2.05) is 35.4 Å². The fourth-order valence-corrected chi connectivity index (χ4v) is 4.05. The van der Waals surface area contributed by atoms with Crippen LogP contribution in [0.1, 0.15) is 28.8 Å². The highest BCUT2D eigenvalue weighted by Crippen LogP contribution is 2.24. The average molecular weight is 386 g/mol. The maximum absolute atomic E-state index is 13.3. The van der Waals surface area contributed by atoms with Crippen molar-refractivity contribution in [2.75, 3.05) is 26.2 Å². The van der Waals surface area contributed by atoms with Crippen LogP contribution in [0.25, 0.3) is 10.9 Å². The summed E-state index contributed by atoms with van der Waals surface area (Å²) in [5, 5.41) is 9.81. The average Bonchev–Trinajstić information content (AvgIpc) is 3.14. The Labute approximate surface area is 171 Å². The predicted octanol–water partition coefficient (Wildman–Crippen LogP) is 3.90. The maximum Gasteiger partial charge on any atom is 0.256 e. The summed E-state index contributed by atoms with van der Waals surface area (Å²) in [5.41, 5.74) is 3.15. The first-order valence-corrected chi connectivity index (χ1v) is 10.3. The number of carbonyl (C=O) groups excluding carboxylic acids is 1. The first kappa shape index (κ1) is 19.2. The third kappa shape index (κ3) is 4.33. The third-order valence-corrected chi connectivity index (χ3v) is 5.62. The van der Waals surface area contributed by atoms with E-state index in [9.17, 15) is 4.79 Å². The molecule has 0 radical (unpaired) electrons. The van der Waals surface area contributed by atoms with Gasteiger partial charge in [0.1, 0.15) is 0 Å². The van der Waals surface area contributed by atoms with Crippen LogP contribution in [0.3, 0.4) is 0 Å². The van der Waals surface area contributed by atoms with Crippen LogP contribution in [0, 0.1) is 11.3 Å². The Morgan fingerprint density at radius 3 is 2.45 bits per heavy atom. The minimum absolute atomic E-state index is 0.111. The van der Waals surface area contributed by atoms with E-state index >= 15 is 0 Å². The fraction of sp³-hybridized carbons (Fsp3) is 0.333. The molecule has 0 aliphatic carbocycles. The quantitative estimate of drug-likeness (QED) is 0.604. The summed E-state index contributed by atoms with van der Waals surface area (Å²) >= 11 is 0. The molecule has 5 nitrogen and oxygen atoms in total. The summed E-state index contributed by atoms with van der Waals surface area (Å²) in [5.74, 6) is 0.111. The first-order chi connectivity index (χ1) is 14.3. The van der Waals surface area contributed by atoms with Gasteiger partial charge in [0.15, 0.2) is 0 Å². The Kier molecular flexibility index (Phi) is 5.92. The van der Waals surface area contributed by atoms with E-state index in [0.29, 0.717) is 6.42 Å². The van der Waals surface area contributed by atoms with Gasteiger partial charge in [-0.2, -0.15) is 5.26 Å². The van der Waals surface area contributed by atoms with E-state index in [1.54, 1.807) is 0 Å². The number of aromatic nitrogens is 1. The number of piperazine rings is 1. The highest BCUT2D eigenvalue weighted by molar-refractivity contribution is 6.07. The molecule has 148 valence electrons. The second-order valence-corrected chi connectivity index (χ2v) is 7.57. The van der Waals surface area contributed by atoms with Gasteiger partial charge in [-0.1, -0.05) is 48.5 Å². The third-order valence-electron chi connectivity index (χ3n) is 5.62. The van der Waals surface area contributed by atoms with Crippen LogP contribution >= 0.6 is 0 Å². The van der Waals surface area contributed by atoms with Crippen LogP contribution in [-0.4, -0.2) is 46.5 Å². The summed E-state index contributed by atoms with van der Waals surface area (Å²) in [6, 6.07) is 20.7. The van der Waals surface area contributed by atoms with Gasteiger partial charge in [-0.3, -0.25) is 9.69 Å². The maximum atomic E-state index is 13.3. The summed E-state index contributed by atoms with van der Waals surface area (Å²) in [6.07, 6.45) is 3.29. The number of carbonyl (C=O) groups is 1. The van der Waals surface area contributed by atoms with Crippen LogP contribution in [-0.2, 0) is 13.1 Å². The molecule has 1 aromatic heterocycles. The molecule has 4 rings (SSSR count). The molecule has 1 amide bonds. The second-order valence-electron chi connectivity index (χ2n) is 7.57. The molecule has 0 N–H and O–H groups in total. The largest absolute Gasteiger partial charge is 0.347 e. The highest BCUT2D eigenvalue weighted by Gasteiger charge is 2.24. The lowest BCUT2D eigenvalue weighted by molar-refractivity contribution is 0.0630. The predicted molar refractivity (Wildman–Crippen MR) is 114 cm³/mol. The lowest BCUT2D eigenvalue weighted by atomic mass is 10.1. The van der Waals surface area contributed by atoms with Crippen LogP contribution < -0.4 is 0 Å². The van der Waals surface area contributed by atoms with E-state index in [-0.39, 0.29) is 5.91 Å². The Balaban J connectivity index is 1.45. The smallest absolute Gasteiger partial charge is 0.256 e. The molecule has 1 aliphatic rings. The van der Waals surface area contributed by atoms with Gasteiger partial charge in [0.2, 0.25) is 0 Å². The number of benzene rings is 2. The first-order valence-electron chi connectivity index (χ1n) is 10.3. The Morgan fingerprint density at radius 1 is 0.966 bits per heavy atom. The fourth-order valence-electron chi connectivity index (χ4n) is 4.05. The molecular formula is C24H26N4O. The van der Waals surface area contributed by atoms with Crippen molar-refractivity contribution < 1.29 is 4.79 Å². The number of amides is 1. The molecule has 5 heteroatoms. The molecule has 2 aromatic carbocycles. The number of nitriles is 1. The van der Waals surface area contributed by atoms with Crippen LogP contribution in [0.5, 0.6) is 0 Å². The van der Waals surface area contributed by atoms with Gasteiger partial charge in [0.05, 0.1) is 11.6 Å².